The van der Waals surface area contributed by atoms with Gasteiger partial charge in [0.25, 0.3) is 0 Å². The molecule has 3 atom stereocenters. The number of phenols is 1. The van der Waals surface area contributed by atoms with Crippen LogP contribution in [0.3, 0.4) is 0 Å². The van der Waals surface area contributed by atoms with Gasteiger partial charge in [-0.3, -0.25) is 24.7 Å². The second-order valence-corrected chi connectivity index (χ2v) is 14.9. The van der Waals surface area contributed by atoms with Crippen molar-refractivity contribution in [1.29, 1.82) is 0 Å². The maximum Gasteiger partial charge on any atom is 0.249 e. The van der Waals surface area contributed by atoms with Gasteiger partial charge in [-0.15, -0.1) is 0 Å². The lowest BCUT2D eigenvalue weighted by molar-refractivity contribution is -0.133. The number of benzene rings is 4. The standard InChI is InChI=1S/C43H50N6O3/c50-37-15-17-39-33(30-37)8-16-38(31-4-2-1-3-5-31)42(39)32-6-11-35(12-7-32)48-26-22-46(23-27-48)20-21-47-24-28-49(29-25-47)36-13-9-34(10-14-36)44-40-18-19-41(51)45-43(40)52/h1-7,9-15,17,30,38,40,42,44,50H,8,16,18-29H2,(H,45,51,52)/t38-,40?,42+/m1/s1. The molecule has 1 aliphatic carbocycles. The van der Waals surface area contributed by atoms with E-state index in [9.17, 15) is 14.7 Å². The van der Waals surface area contributed by atoms with Crippen LogP contribution in [0.15, 0.2) is 97.1 Å². The Morgan fingerprint density at radius 1 is 0.654 bits per heavy atom. The molecule has 270 valence electrons. The van der Waals surface area contributed by atoms with Crippen molar-refractivity contribution in [2.24, 2.45) is 0 Å². The number of piperidine rings is 1. The van der Waals surface area contributed by atoms with E-state index < -0.39 is 0 Å². The van der Waals surface area contributed by atoms with Crippen LogP contribution in [-0.4, -0.2) is 98.2 Å². The summed E-state index contributed by atoms with van der Waals surface area (Å²) in [5.74, 6) is 0.607. The van der Waals surface area contributed by atoms with E-state index in [1.54, 1.807) is 0 Å². The lowest BCUT2D eigenvalue weighted by Gasteiger charge is -2.39. The average molecular weight is 699 g/mol. The monoisotopic (exact) mass is 698 g/mol. The van der Waals surface area contributed by atoms with Crippen LogP contribution >= 0.6 is 0 Å². The number of fused-ring (bicyclic) bond motifs is 1. The molecule has 3 heterocycles. The number of nitrogens with one attached hydrogen (secondary N) is 2. The second-order valence-electron chi connectivity index (χ2n) is 14.9. The molecule has 0 radical (unpaired) electrons. The topological polar surface area (TPSA) is 91.4 Å². The van der Waals surface area contributed by atoms with E-state index >= 15 is 0 Å². The van der Waals surface area contributed by atoms with Crippen molar-refractivity contribution in [3.63, 3.8) is 0 Å². The van der Waals surface area contributed by atoms with Crippen molar-refractivity contribution in [1.82, 2.24) is 15.1 Å². The smallest absolute Gasteiger partial charge is 0.249 e. The summed E-state index contributed by atoms with van der Waals surface area (Å²) in [6.07, 6.45) is 2.96. The average Bonchev–Trinajstić information content (AvgIpc) is 3.19. The molecule has 9 heteroatoms. The van der Waals surface area contributed by atoms with Gasteiger partial charge in [0.2, 0.25) is 11.8 Å². The van der Waals surface area contributed by atoms with Crippen LogP contribution in [0.25, 0.3) is 0 Å². The minimum Gasteiger partial charge on any atom is -0.508 e. The Morgan fingerprint density at radius 3 is 1.88 bits per heavy atom. The first kappa shape index (κ1) is 34.2. The number of phenolic OH excluding ortho intramolecular Hbond substituents is 1. The van der Waals surface area contributed by atoms with Gasteiger partial charge in [0.15, 0.2) is 0 Å². The van der Waals surface area contributed by atoms with Crippen molar-refractivity contribution in [3.05, 3.63) is 119 Å². The number of imide groups is 1. The minimum absolute atomic E-state index is 0.193. The lowest BCUT2D eigenvalue weighted by Crippen LogP contribution is -2.51. The molecule has 4 aromatic rings. The maximum atomic E-state index is 12.1. The zero-order valence-corrected chi connectivity index (χ0v) is 29.9. The highest BCUT2D eigenvalue weighted by Crippen LogP contribution is 2.47. The Morgan fingerprint density at radius 2 is 1.27 bits per heavy atom. The van der Waals surface area contributed by atoms with Gasteiger partial charge < -0.3 is 20.2 Å². The summed E-state index contributed by atoms with van der Waals surface area (Å²) >= 11 is 0. The number of aromatic hydroxyl groups is 1. The van der Waals surface area contributed by atoms with Crippen molar-refractivity contribution < 1.29 is 14.7 Å². The number of carbonyl (C=O) groups is 2. The molecule has 4 aliphatic rings. The zero-order valence-electron chi connectivity index (χ0n) is 29.9. The third kappa shape index (κ3) is 7.66. The SMILES string of the molecule is O=C1CCC(Nc2ccc(N3CCN(CCN4CCN(c5ccc([C@@H]6c7ccc(O)cc7CC[C@@H]6c6ccccc6)cc5)CC4)CC3)cc2)C(=O)N1. The fourth-order valence-electron chi connectivity index (χ4n) is 8.71. The number of hydrogen-bond donors (Lipinski definition) is 3. The highest BCUT2D eigenvalue weighted by atomic mass is 16.3. The van der Waals surface area contributed by atoms with Gasteiger partial charge in [0, 0.05) is 94.8 Å². The van der Waals surface area contributed by atoms with Gasteiger partial charge in [0.1, 0.15) is 11.8 Å². The predicted molar refractivity (Wildman–Crippen MR) is 207 cm³/mol. The van der Waals surface area contributed by atoms with Crippen LogP contribution in [0.5, 0.6) is 5.75 Å². The first-order valence-corrected chi connectivity index (χ1v) is 19.1. The van der Waals surface area contributed by atoms with E-state index in [2.05, 4.69) is 103 Å². The van der Waals surface area contributed by atoms with Crippen molar-refractivity contribution in [3.8, 4) is 5.75 Å². The molecule has 52 heavy (non-hydrogen) atoms. The summed E-state index contributed by atoms with van der Waals surface area (Å²) in [5, 5.41) is 15.9. The summed E-state index contributed by atoms with van der Waals surface area (Å²) in [7, 11) is 0. The highest BCUT2D eigenvalue weighted by Gasteiger charge is 2.32. The summed E-state index contributed by atoms with van der Waals surface area (Å²) in [5.41, 5.74) is 8.76. The van der Waals surface area contributed by atoms with Crippen LogP contribution < -0.4 is 20.4 Å². The van der Waals surface area contributed by atoms with E-state index in [1.165, 1.54) is 33.6 Å². The van der Waals surface area contributed by atoms with Crippen LogP contribution in [0.4, 0.5) is 17.1 Å². The molecule has 0 bridgehead atoms. The summed E-state index contributed by atoms with van der Waals surface area (Å²) in [6.45, 7) is 10.6. The fraction of sp³-hybridized carbons (Fsp3) is 0.395. The Hall–Kier alpha value is -4.86. The van der Waals surface area contributed by atoms with Crippen LogP contribution in [-0.2, 0) is 16.0 Å². The van der Waals surface area contributed by atoms with E-state index in [4.69, 9.17) is 0 Å². The normalized spacial score (nSPS) is 22.9. The van der Waals surface area contributed by atoms with E-state index in [0.29, 0.717) is 24.5 Å². The van der Waals surface area contributed by atoms with Gasteiger partial charge >= 0.3 is 0 Å². The molecule has 2 amide bonds. The van der Waals surface area contributed by atoms with Gasteiger partial charge in [-0.25, -0.2) is 0 Å². The minimum atomic E-state index is -0.362. The van der Waals surface area contributed by atoms with Crippen LogP contribution in [0, 0.1) is 0 Å². The van der Waals surface area contributed by atoms with E-state index in [1.807, 2.05) is 24.3 Å². The molecule has 3 fully saturated rings. The number of piperazine rings is 2. The van der Waals surface area contributed by atoms with E-state index in [-0.39, 0.29) is 23.8 Å². The van der Waals surface area contributed by atoms with Gasteiger partial charge in [-0.05, 0) is 96.0 Å². The molecule has 0 spiro atoms. The number of carbonyl (C=O) groups excluding carboxylic acids is 2. The fourth-order valence-corrected chi connectivity index (χ4v) is 8.71. The molecule has 4 aromatic carbocycles. The molecule has 3 N–H and O–H groups in total. The predicted octanol–water partition coefficient (Wildman–Crippen LogP) is 5.42. The van der Waals surface area contributed by atoms with Crippen LogP contribution in [0.2, 0.25) is 0 Å². The molecular formula is C43H50N6O3. The van der Waals surface area contributed by atoms with Crippen molar-refractivity contribution in [2.75, 3.05) is 80.6 Å². The molecule has 0 aromatic heterocycles. The molecular weight excluding hydrogens is 649 g/mol. The summed E-state index contributed by atoms with van der Waals surface area (Å²) in [6, 6.07) is 34.2. The number of nitrogens with zero attached hydrogens (tertiary/aromatic N) is 4. The maximum absolute atomic E-state index is 12.1. The zero-order chi connectivity index (χ0) is 35.4. The quantitative estimate of drug-likeness (QED) is 0.200. The number of anilines is 3. The molecule has 3 aliphatic heterocycles. The summed E-state index contributed by atoms with van der Waals surface area (Å²) in [4.78, 5) is 33.7. The number of rotatable bonds is 9. The molecule has 0 saturated carbocycles. The second kappa shape index (κ2) is 15.4. The van der Waals surface area contributed by atoms with Crippen molar-refractivity contribution >= 4 is 28.9 Å². The van der Waals surface area contributed by atoms with Gasteiger partial charge in [-0.1, -0.05) is 48.5 Å². The Labute approximate surface area is 307 Å². The van der Waals surface area contributed by atoms with Crippen LogP contribution in [0.1, 0.15) is 53.4 Å². The molecule has 9 nitrogen and oxygen atoms in total. The lowest BCUT2D eigenvalue weighted by atomic mass is 9.69. The molecule has 3 saturated heterocycles. The third-order valence-corrected chi connectivity index (χ3v) is 11.7. The largest absolute Gasteiger partial charge is 0.508 e. The highest BCUT2D eigenvalue weighted by molar-refractivity contribution is 6.01. The number of aryl methyl sites for hydroxylation is 1. The first-order chi connectivity index (χ1) is 25.5. The molecule has 1 unspecified atom stereocenters. The molecule has 8 rings (SSSR count). The Balaban J connectivity index is 0.802. The Bertz CT molecular complexity index is 1830. The van der Waals surface area contributed by atoms with E-state index in [0.717, 1.165) is 84.0 Å². The number of amides is 2. The third-order valence-electron chi connectivity index (χ3n) is 11.7. The summed E-state index contributed by atoms with van der Waals surface area (Å²) < 4.78 is 0. The van der Waals surface area contributed by atoms with Crippen molar-refractivity contribution in [2.45, 2.75) is 43.6 Å². The van der Waals surface area contributed by atoms with Gasteiger partial charge in [0.05, 0.1) is 0 Å². The first-order valence-electron chi connectivity index (χ1n) is 19.1. The number of hydrogen-bond acceptors (Lipinski definition) is 8. The van der Waals surface area contributed by atoms with Gasteiger partial charge in [-0.2, -0.15) is 0 Å². The Kier molecular flexibility index (Phi) is 10.1.